The predicted molar refractivity (Wildman–Crippen MR) is 85.1 cm³/mol. The number of imidazole rings is 1. The monoisotopic (exact) mass is 355 g/mol. The zero-order chi connectivity index (χ0) is 13.7. The number of hydrogen-bond donors (Lipinski definition) is 1. The van der Waals surface area contributed by atoms with Crippen LogP contribution in [0.4, 0.5) is 5.82 Å². The molecule has 98 valence electrons. The number of thiophene rings is 1. The van der Waals surface area contributed by atoms with Crippen LogP contribution in [-0.2, 0) is 0 Å². The van der Waals surface area contributed by atoms with Crippen LogP contribution in [-0.4, -0.2) is 9.38 Å². The first-order valence-corrected chi connectivity index (χ1v) is 7.66. The number of nitrogens with zero attached hydrogens (tertiary/aromatic N) is 2. The Hall–Kier alpha value is -1.04. The van der Waals surface area contributed by atoms with Crippen LogP contribution < -0.4 is 5.73 Å². The molecule has 3 aromatic heterocycles. The van der Waals surface area contributed by atoms with E-state index in [1.807, 2.05) is 23.5 Å². The Balaban J connectivity index is 2.31. The third-order valence-electron chi connectivity index (χ3n) is 2.96. The van der Waals surface area contributed by atoms with Gasteiger partial charge < -0.3 is 5.73 Å². The van der Waals surface area contributed by atoms with Gasteiger partial charge in [-0.1, -0.05) is 11.6 Å². The second-order valence-electron chi connectivity index (χ2n) is 4.45. The highest BCUT2D eigenvalue weighted by atomic mass is 79.9. The molecule has 2 N–H and O–H groups in total. The quantitative estimate of drug-likeness (QED) is 0.688. The highest BCUT2D eigenvalue weighted by Gasteiger charge is 2.16. The van der Waals surface area contributed by atoms with E-state index in [9.17, 15) is 0 Å². The lowest BCUT2D eigenvalue weighted by Gasteiger charge is -2.03. The van der Waals surface area contributed by atoms with Gasteiger partial charge in [-0.05, 0) is 53.5 Å². The minimum Gasteiger partial charge on any atom is -0.383 e. The van der Waals surface area contributed by atoms with Crippen molar-refractivity contribution in [2.24, 2.45) is 0 Å². The maximum absolute atomic E-state index is 6.23. The number of fused-ring (bicyclic) bond motifs is 1. The number of anilines is 1. The van der Waals surface area contributed by atoms with Gasteiger partial charge in [-0.25, -0.2) is 4.98 Å². The van der Waals surface area contributed by atoms with E-state index in [0.29, 0.717) is 10.2 Å². The summed E-state index contributed by atoms with van der Waals surface area (Å²) < 4.78 is 3.54. The van der Waals surface area contributed by atoms with Gasteiger partial charge in [0.15, 0.2) is 0 Å². The smallest absolute Gasteiger partial charge is 0.139 e. The first kappa shape index (κ1) is 13.0. The predicted octanol–water partition coefficient (Wildman–Crippen LogP) is 4.68. The zero-order valence-corrected chi connectivity index (χ0v) is 13.5. The van der Waals surface area contributed by atoms with Crippen LogP contribution in [0.15, 0.2) is 22.7 Å². The van der Waals surface area contributed by atoms with E-state index in [4.69, 9.17) is 17.3 Å². The molecule has 3 rings (SSSR count). The third-order valence-corrected chi connectivity index (χ3v) is 5.44. The van der Waals surface area contributed by atoms with Gasteiger partial charge in [0, 0.05) is 10.2 Å². The SMILES string of the molecule is Cc1cc(C)n2c(N)c(-c3cc(Br)c(Cl)s3)nc2c1. The number of nitrogens with two attached hydrogens (primary N) is 1. The Morgan fingerprint density at radius 2 is 2.05 bits per heavy atom. The lowest BCUT2D eigenvalue weighted by atomic mass is 10.2. The second-order valence-corrected chi connectivity index (χ2v) is 6.95. The number of rotatable bonds is 1. The molecule has 0 bridgehead atoms. The maximum atomic E-state index is 6.23. The molecule has 0 spiro atoms. The van der Waals surface area contributed by atoms with Gasteiger partial charge >= 0.3 is 0 Å². The van der Waals surface area contributed by atoms with Crippen molar-refractivity contribution < 1.29 is 0 Å². The average Bonchev–Trinajstić information content (AvgIpc) is 2.81. The summed E-state index contributed by atoms with van der Waals surface area (Å²) in [5.41, 5.74) is 10.1. The molecule has 0 amide bonds. The fourth-order valence-electron chi connectivity index (χ4n) is 2.20. The van der Waals surface area contributed by atoms with Gasteiger partial charge in [0.1, 0.15) is 21.5 Å². The molecule has 3 heterocycles. The van der Waals surface area contributed by atoms with E-state index in [1.54, 1.807) is 0 Å². The number of nitrogen functional groups attached to an aromatic ring is 1. The fourth-order valence-corrected chi connectivity index (χ4v) is 3.90. The summed E-state index contributed by atoms with van der Waals surface area (Å²) in [6.07, 6.45) is 0. The lowest BCUT2D eigenvalue weighted by molar-refractivity contribution is 1.09. The van der Waals surface area contributed by atoms with Crippen LogP contribution in [0.5, 0.6) is 0 Å². The second kappa shape index (κ2) is 4.51. The summed E-state index contributed by atoms with van der Waals surface area (Å²) in [5, 5.41) is 0. The molecule has 0 saturated heterocycles. The van der Waals surface area contributed by atoms with Crippen LogP contribution in [0.2, 0.25) is 4.34 Å². The largest absolute Gasteiger partial charge is 0.383 e. The average molecular weight is 357 g/mol. The zero-order valence-electron chi connectivity index (χ0n) is 10.4. The molecule has 0 radical (unpaired) electrons. The summed E-state index contributed by atoms with van der Waals surface area (Å²) in [4.78, 5) is 5.60. The Kier molecular flexibility index (Phi) is 3.08. The van der Waals surface area contributed by atoms with Crippen LogP contribution in [0.25, 0.3) is 16.2 Å². The first-order valence-electron chi connectivity index (χ1n) is 5.67. The molecule has 0 unspecified atom stereocenters. The normalized spacial score (nSPS) is 11.4. The standard InChI is InChI=1S/C13H11BrClN3S/c1-6-3-7(2)18-10(4-6)17-11(13(18)16)9-5-8(14)12(15)19-9/h3-5H,16H2,1-2H3. The van der Waals surface area contributed by atoms with Crippen LogP contribution in [0.3, 0.4) is 0 Å². The number of hydrogen-bond acceptors (Lipinski definition) is 3. The number of aryl methyl sites for hydroxylation is 2. The van der Waals surface area contributed by atoms with Crippen molar-refractivity contribution in [1.82, 2.24) is 9.38 Å². The molecular formula is C13H11BrClN3S. The summed E-state index contributed by atoms with van der Waals surface area (Å²) in [6, 6.07) is 6.07. The van der Waals surface area contributed by atoms with E-state index in [0.717, 1.165) is 26.4 Å². The highest BCUT2D eigenvalue weighted by molar-refractivity contribution is 9.10. The fraction of sp³-hybridized carbons (Fsp3) is 0.154. The van der Waals surface area contributed by atoms with Gasteiger partial charge in [-0.2, -0.15) is 0 Å². The molecular weight excluding hydrogens is 346 g/mol. The molecule has 0 aliphatic rings. The van der Waals surface area contributed by atoms with Crippen molar-refractivity contribution in [3.63, 3.8) is 0 Å². The van der Waals surface area contributed by atoms with Crippen LogP contribution in [0, 0.1) is 13.8 Å². The van der Waals surface area contributed by atoms with Crippen molar-refractivity contribution in [2.45, 2.75) is 13.8 Å². The molecule has 3 aromatic rings. The molecule has 0 atom stereocenters. The van der Waals surface area contributed by atoms with Crippen molar-refractivity contribution in [3.05, 3.63) is 38.3 Å². The van der Waals surface area contributed by atoms with Crippen molar-refractivity contribution >= 4 is 50.3 Å². The van der Waals surface area contributed by atoms with Crippen molar-refractivity contribution in [1.29, 1.82) is 0 Å². The summed E-state index contributed by atoms with van der Waals surface area (Å²) >= 11 is 11.0. The van der Waals surface area contributed by atoms with E-state index in [-0.39, 0.29) is 0 Å². The van der Waals surface area contributed by atoms with Crippen LogP contribution >= 0.6 is 38.9 Å². The van der Waals surface area contributed by atoms with Gasteiger partial charge in [-0.3, -0.25) is 4.40 Å². The molecule has 0 saturated carbocycles. The van der Waals surface area contributed by atoms with E-state index >= 15 is 0 Å². The Morgan fingerprint density at radius 1 is 1.32 bits per heavy atom. The summed E-state index contributed by atoms with van der Waals surface area (Å²) in [7, 11) is 0. The Labute approximate surface area is 128 Å². The Bertz CT molecular complexity index is 771. The van der Waals surface area contributed by atoms with Crippen molar-refractivity contribution in [3.8, 4) is 10.6 Å². The Morgan fingerprint density at radius 3 is 2.68 bits per heavy atom. The van der Waals surface area contributed by atoms with E-state index in [2.05, 4.69) is 33.9 Å². The van der Waals surface area contributed by atoms with Crippen molar-refractivity contribution in [2.75, 3.05) is 5.73 Å². The van der Waals surface area contributed by atoms with Gasteiger partial charge in [0.05, 0.1) is 4.88 Å². The van der Waals surface area contributed by atoms with E-state index < -0.39 is 0 Å². The number of pyridine rings is 1. The van der Waals surface area contributed by atoms with Crippen LogP contribution in [0.1, 0.15) is 11.3 Å². The molecule has 3 nitrogen and oxygen atoms in total. The third kappa shape index (κ3) is 2.06. The van der Waals surface area contributed by atoms with Gasteiger partial charge in [0.2, 0.25) is 0 Å². The van der Waals surface area contributed by atoms with E-state index in [1.165, 1.54) is 16.9 Å². The summed E-state index contributed by atoms with van der Waals surface area (Å²) in [5.74, 6) is 0.651. The van der Waals surface area contributed by atoms with Gasteiger partial charge in [-0.15, -0.1) is 11.3 Å². The molecule has 19 heavy (non-hydrogen) atoms. The lowest BCUT2D eigenvalue weighted by Crippen LogP contribution is -1.98. The first-order chi connectivity index (χ1) is 8.97. The minimum absolute atomic E-state index is 0.651. The maximum Gasteiger partial charge on any atom is 0.139 e. The molecule has 0 aliphatic carbocycles. The molecule has 0 aromatic carbocycles. The molecule has 6 heteroatoms. The minimum atomic E-state index is 0.651. The molecule has 0 fully saturated rings. The molecule has 0 aliphatic heterocycles. The highest BCUT2D eigenvalue weighted by Crippen LogP contribution is 2.40. The number of aromatic nitrogens is 2. The van der Waals surface area contributed by atoms with Gasteiger partial charge in [0.25, 0.3) is 0 Å². The number of halogens is 2. The summed E-state index contributed by atoms with van der Waals surface area (Å²) in [6.45, 7) is 4.08. The topological polar surface area (TPSA) is 43.3 Å².